The molecule has 0 bridgehead atoms. The molecule has 1 unspecified atom stereocenters. The van der Waals surface area contributed by atoms with Crippen LogP contribution in [-0.2, 0) is 11.2 Å². The van der Waals surface area contributed by atoms with E-state index in [2.05, 4.69) is 17.0 Å². The van der Waals surface area contributed by atoms with Crippen LogP contribution in [-0.4, -0.2) is 21.4 Å². The van der Waals surface area contributed by atoms with Gasteiger partial charge >= 0.3 is 0 Å². The number of hydrogen-bond acceptors (Lipinski definition) is 3. The summed E-state index contributed by atoms with van der Waals surface area (Å²) in [5.41, 5.74) is 2.09. The summed E-state index contributed by atoms with van der Waals surface area (Å²) in [6.07, 6.45) is 6.08. The molecule has 0 aliphatic carbocycles. The summed E-state index contributed by atoms with van der Waals surface area (Å²) in [4.78, 5) is 4.15. The fraction of sp³-hybridized carbons (Fsp3) is 0.538. The van der Waals surface area contributed by atoms with Crippen molar-refractivity contribution in [2.75, 3.05) is 6.61 Å². The van der Waals surface area contributed by atoms with E-state index >= 15 is 0 Å². The molecule has 1 atom stereocenters. The third-order valence-corrected chi connectivity index (χ3v) is 3.60. The smallest absolute Gasteiger partial charge is 0.150 e. The van der Waals surface area contributed by atoms with Gasteiger partial charge in [0.15, 0.2) is 6.23 Å². The summed E-state index contributed by atoms with van der Waals surface area (Å²) >= 11 is 5.99. The second kappa shape index (κ2) is 4.86. The van der Waals surface area contributed by atoms with Crippen LogP contribution in [0.3, 0.4) is 0 Å². The van der Waals surface area contributed by atoms with Crippen LogP contribution in [0.2, 0.25) is 5.15 Å². The molecule has 3 rings (SSSR count). The maximum Gasteiger partial charge on any atom is 0.150 e. The number of fused-ring (bicyclic) bond motifs is 1. The van der Waals surface area contributed by atoms with Gasteiger partial charge in [0.2, 0.25) is 0 Å². The zero-order valence-electron chi connectivity index (χ0n) is 10.4. The fourth-order valence-electron chi connectivity index (χ4n) is 2.47. The van der Waals surface area contributed by atoms with Gasteiger partial charge in [-0.25, -0.2) is 9.67 Å². The minimum absolute atomic E-state index is 0.0417. The average Bonchev–Trinajstić information content (AvgIpc) is 2.77. The molecule has 0 aromatic carbocycles. The number of pyridine rings is 1. The predicted molar refractivity (Wildman–Crippen MR) is 70.8 cm³/mol. The molecule has 3 heterocycles. The number of hydrogen-bond donors (Lipinski definition) is 0. The molecule has 1 fully saturated rings. The lowest BCUT2D eigenvalue weighted by Crippen LogP contribution is -2.19. The summed E-state index contributed by atoms with van der Waals surface area (Å²) in [5, 5.41) is 6.25. The quantitative estimate of drug-likeness (QED) is 0.782. The first kappa shape index (κ1) is 11.9. The Morgan fingerprint density at radius 3 is 3.11 bits per heavy atom. The molecule has 1 aliphatic rings. The molecule has 0 radical (unpaired) electrons. The first-order chi connectivity index (χ1) is 8.79. The van der Waals surface area contributed by atoms with Crippen molar-refractivity contribution in [2.45, 2.75) is 38.8 Å². The van der Waals surface area contributed by atoms with Crippen molar-refractivity contribution in [2.24, 2.45) is 0 Å². The summed E-state index contributed by atoms with van der Waals surface area (Å²) in [5.74, 6) is 0. The summed E-state index contributed by atoms with van der Waals surface area (Å²) in [6.45, 7) is 2.91. The van der Waals surface area contributed by atoms with E-state index in [1.807, 2.05) is 16.9 Å². The Morgan fingerprint density at radius 1 is 1.50 bits per heavy atom. The minimum Gasteiger partial charge on any atom is -0.356 e. The fourth-order valence-corrected chi connectivity index (χ4v) is 2.62. The summed E-state index contributed by atoms with van der Waals surface area (Å²) in [6, 6.07) is 1.88. The molecule has 1 aliphatic heterocycles. The minimum atomic E-state index is 0.0417. The number of halogens is 1. The first-order valence-corrected chi connectivity index (χ1v) is 6.81. The maximum atomic E-state index is 5.99. The van der Waals surface area contributed by atoms with Crippen LogP contribution >= 0.6 is 11.6 Å². The standard InChI is InChI=1S/C13H16ClN3O/c1-2-10-9-8-15-12(14)7-11(9)17(16-10)13-5-3-4-6-18-13/h7-8,13H,2-6H2,1H3. The molecule has 2 aromatic rings. The lowest BCUT2D eigenvalue weighted by Gasteiger charge is -2.23. The predicted octanol–water partition coefficient (Wildman–Crippen LogP) is 3.35. The van der Waals surface area contributed by atoms with Crippen LogP contribution in [0, 0.1) is 0 Å². The van der Waals surface area contributed by atoms with E-state index in [4.69, 9.17) is 16.3 Å². The third kappa shape index (κ3) is 1.99. The molecule has 0 saturated carbocycles. The highest BCUT2D eigenvalue weighted by Crippen LogP contribution is 2.28. The van der Waals surface area contributed by atoms with Gasteiger partial charge in [0.25, 0.3) is 0 Å². The van der Waals surface area contributed by atoms with E-state index in [1.165, 1.54) is 6.42 Å². The topological polar surface area (TPSA) is 39.9 Å². The molecule has 18 heavy (non-hydrogen) atoms. The number of aromatic nitrogens is 3. The summed E-state index contributed by atoms with van der Waals surface area (Å²) < 4.78 is 7.78. The van der Waals surface area contributed by atoms with Crippen molar-refractivity contribution < 1.29 is 4.74 Å². The Bertz CT molecular complexity index is 561. The normalized spacial score (nSPS) is 20.4. The van der Waals surface area contributed by atoms with Gasteiger partial charge in [-0.2, -0.15) is 5.10 Å². The molecule has 0 amide bonds. The van der Waals surface area contributed by atoms with E-state index in [-0.39, 0.29) is 6.23 Å². The Balaban J connectivity index is 2.12. The van der Waals surface area contributed by atoms with Gasteiger partial charge in [-0.15, -0.1) is 0 Å². The monoisotopic (exact) mass is 265 g/mol. The SMILES string of the molecule is CCc1nn(C2CCCCO2)c2cc(Cl)ncc12. The molecular formula is C13H16ClN3O. The van der Waals surface area contributed by atoms with E-state index in [9.17, 15) is 0 Å². The lowest BCUT2D eigenvalue weighted by atomic mass is 10.2. The first-order valence-electron chi connectivity index (χ1n) is 6.44. The highest BCUT2D eigenvalue weighted by Gasteiger charge is 2.20. The lowest BCUT2D eigenvalue weighted by molar-refractivity contribution is -0.0368. The van der Waals surface area contributed by atoms with E-state index in [1.54, 1.807) is 0 Å². The van der Waals surface area contributed by atoms with E-state index < -0.39 is 0 Å². The Kier molecular flexibility index (Phi) is 3.22. The molecular weight excluding hydrogens is 250 g/mol. The van der Waals surface area contributed by atoms with Crippen molar-refractivity contribution in [3.05, 3.63) is 23.1 Å². The molecule has 1 saturated heterocycles. The van der Waals surface area contributed by atoms with Crippen molar-refractivity contribution >= 4 is 22.5 Å². The van der Waals surface area contributed by atoms with Gasteiger partial charge in [-0.05, 0) is 25.7 Å². The van der Waals surface area contributed by atoms with Crippen LogP contribution in [0.1, 0.15) is 38.1 Å². The average molecular weight is 266 g/mol. The second-order valence-corrected chi connectivity index (χ2v) is 4.98. The van der Waals surface area contributed by atoms with Crippen molar-refractivity contribution in [1.82, 2.24) is 14.8 Å². The van der Waals surface area contributed by atoms with Gasteiger partial charge in [0, 0.05) is 24.3 Å². The third-order valence-electron chi connectivity index (χ3n) is 3.40. The van der Waals surface area contributed by atoms with Gasteiger partial charge in [-0.3, -0.25) is 0 Å². The molecule has 96 valence electrons. The van der Waals surface area contributed by atoms with Gasteiger partial charge < -0.3 is 4.74 Å². The van der Waals surface area contributed by atoms with Crippen molar-refractivity contribution in [3.8, 4) is 0 Å². The zero-order valence-corrected chi connectivity index (χ0v) is 11.2. The Labute approximate surface area is 111 Å². The maximum absolute atomic E-state index is 5.99. The molecule has 2 aromatic heterocycles. The Hall–Kier alpha value is -1.13. The van der Waals surface area contributed by atoms with E-state index in [0.717, 1.165) is 42.5 Å². The number of nitrogens with zero attached hydrogens (tertiary/aromatic N) is 3. The van der Waals surface area contributed by atoms with Crippen LogP contribution in [0.5, 0.6) is 0 Å². The van der Waals surface area contributed by atoms with Crippen LogP contribution in [0.15, 0.2) is 12.3 Å². The van der Waals surface area contributed by atoms with Crippen molar-refractivity contribution in [3.63, 3.8) is 0 Å². The zero-order chi connectivity index (χ0) is 12.5. The number of rotatable bonds is 2. The molecule has 5 heteroatoms. The highest BCUT2D eigenvalue weighted by molar-refractivity contribution is 6.30. The van der Waals surface area contributed by atoms with Crippen LogP contribution in [0.25, 0.3) is 10.9 Å². The molecule has 4 nitrogen and oxygen atoms in total. The van der Waals surface area contributed by atoms with Gasteiger partial charge in [-0.1, -0.05) is 18.5 Å². The van der Waals surface area contributed by atoms with E-state index in [0.29, 0.717) is 5.15 Å². The number of aryl methyl sites for hydroxylation is 1. The van der Waals surface area contributed by atoms with Crippen LogP contribution < -0.4 is 0 Å². The largest absolute Gasteiger partial charge is 0.356 e. The second-order valence-electron chi connectivity index (χ2n) is 4.59. The number of ether oxygens (including phenoxy) is 1. The van der Waals surface area contributed by atoms with Crippen LogP contribution in [0.4, 0.5) is 0 Å². The highest BCUT2D eigenvalue weighted by atomic mass is 35.5. The molecule has 0 N–H and O–H groups in total. The van der Waals surface area contributed by atoms with Crippen molar-refractivity contribution in [1.29, 1.82) is 0 Å². The summed E-state index contributed by atoms with van der Waals surface area (Å²) in [7, 11) is 0. The van der Waals surface area contributed by atoms with Gasteiger partial charge in [0.1, 0.15) is 5.15 Å². The Morgan fingerprint density at radius 2 is 2.39 bits per heavy atom. The molecule has 0 spiro atoms. The van der Waals surface area contributed by atoms with Gasteiger partial charge in [0.05, 0.1) is 11.2 Å².